The number of piperidine rings is 1. The molecule has 0 saturated carbocycles. The van der Waals surface area contributed by atoms with E-state index in [1.54, 1.807) is 0 Å². The van der Waals surface area contributed by atoms with Crippen molar-refractivity contribution in [1.82, 2.24) is 10.2 Å². The molecule has 3 rings (SSSR count). The molecule has 0 aromatic heterocycles. The second kappa shape index (κ2) is 5.17. The van der Waals surface area contributed by atoms with Gasteiger partial charge in [-0.1, -0.05) is 17.7 Å². The molecule has 2 heterocycles. The highest BCUT2D eigenvalue weighted by Gasteiger charge is 2.30. The first kappa shape index (κ1) is 12.4. The molecule has 2 aliphatic heterocycles. The summed E-state index contributed by atoms with van der Waals surface area (Å²) < 4.78 is 0. The number of hydrogen-bond donors (Lipinski definition) is 2. The fourth-order valence-electron chi connectivity index (χ4n) is 3.03. The van der Waals surface area contributed by atoms with Crippen LogP contribution in [-0.4, -0.2) is 29.6 Å². The van der Waals surface area contributed by atoms with E-state index in [-0.39, 0.29) is 0 Å². The Morgan fingerprint density at radius 2 is 2.11 bits per heavy atom. The summed E-state index contributed by atoms with van der Waals surface area (Å²) in [5, 5.41) is 14.5. The molecule has 1 aromatic carbocycles. The average molecular weight is 267 g/mol. The van der Waals surface area contributed by atoms with Crippen molar-refractivity contribution < 1.29 is 5.11 Å². The second-order valence-corrected chi connectivity index (χ2v) is 5.78. The van der Waals surface area contributed by atoms with Crippen LogP contribution in [0.15, 0.2) is 18.2 Å². The van der Waals surface area contributed by atoms with Gasteiger partial charge in [0.2, 0.25) is 0 Å². The van der Waals surface area contributed by atoms with Crippen LogP contribution in [0.5, 0.6) is 0 Å². The van der Waals surface area contributed by atoms with Gasteiger partial charge in [0.25, 0.3) is 0 Å². The predicted molar refractivity (Wildman–Crippen MR) is 72.4 cm³/mol. The van der Waals surface area contributed by atoms with Gasteiger partial charge in [-0.25, -0.2) is 0 Å². The largest absolute Gasteiger partial charge is 0.374 e. The molecular formula is C14H19ClN2O. The third kappa shape index (κ3) is 2.41. The molecule has 0 radical (unpaired) electrons. The quantitative estimate of drug-likeness (QED) is 0.861. The fourth-order valence-corrected chi connectivity index (χ4v) is 3.22. The number of benzene rings is 1. The highest BCUT2D eigenvalue weighted by atomic mass is 35.5. The Morgan fingerprint density at radius 3 is 2.89 bits per heavy atom. The van der Waals surface area contributed by atoms with Crippen molar-refractivity contribution in [3.8, 4) is 0 Å². The molecular weight excluding hydrogens is 248 g/mol. The maximum atomic E-state index is 10.3. The minimum atomic E-state index is -0.452. The van der Waals surface area contributed by atoms with Crippen LogP contribution in [0.2, 0.25) is 5.02 Å². The maximum Gasteiger partial charge on any atom is 0.134 e. The Kier molecular flexibility index (Phi) is 3.57. The molecule has 1 aromatic rings. The van der Waals surface area contributed by atoms with Gasteiger partial charge in [-0.15, -0.1) is 0 Å². The van der Waals surface area contributed by atoms with Crippen molar-refractivity contribution in [2.75, 3.05) is 19.6 Å². The summed E-state index contributed by atoms with van der Waals surface area (Å²) in [6.45, 7) is 4.01. The zero-order chi connectivity index (χ0) is 12.5. The number of nitrogens with one attached hydrogen (secondary N) is 1. The van der Waals surface area contributed by atoms with E-state index in [0.29, 0.717) is 5.92 Å². The summed E-state index contributed by atoms with van der Waals surface area (Å²) in [6.07, 6.45) is 1.97. The van der Waals surface area contributed by atoms with E-state index in [9.17, 15) is 5.11 Å². The summed E-state index contributed by atoms with van der Waals surface area (Å²) in [6, 6.07) is 5.78. The first-order valence-electron chi connectivity index (χ1n) is 6.65. The summed E-state index contributed by atoms with van der Waals surface area (Å²) >= 11 is 6.00. The molecule has 0 bridgehead atoms. The molecule has 1 atom stereocenters. The van der Waals surface area contributed by atoms with Crippen LogP contribution in [0.1, 0.15) is 30.2 Å². The lowest BCUT2D eigenvalue weighted by atomic mass is 9.97. The van der Waals surface area contributed by atoms with Gasteiger partial charge in [0.05, 0.1) is 0 Å². The SMILES string of the molecule is OC1c2ccc(Cl)cc2CN1CC1CCNCC1. The Morgan fingerprint density at radius 1 is 1.33 bits per heavy atom. The minimum absolute atomic E-state index is 0.452. The van der Waals surface area contributed by atoms with Crippen LogP contribution in [-0.2, 0) is 6.54 Å². The van der Waals surface area contributed by atoms with E-state index in [0.717, 1.165) is 36.8 Å². The standard InChI is InChI=1S/C14H19ClN2O/c15-12-1-2-13-11(7-12)9-17(14(13)18)8-10-3-5-16-6-4-10/h1-2,7,10,14,16,18H,3-6,8-9H2. The van der Waals surface area contributed by atoms with Crippen molar-refractivity contribution in [3.63, 3.8) is 0 Å². The monoisotopic (exact) mass is 266 g/mol. The van der Waals surface area contributed by atoms with Gasteiger partial charge >= 0.3 is 0 Å². The molecule has 0 aliphatic carbocycles. The molecule has 2 aliphatic rings. The van der Waals surface area contributed by atoms with Crippen LogP contribution >= 0.6 is 11.6 Å². The Labute approximate surface area is 113 Å². The summed E-state index contributed by atoms with van der Waals surface area (Å²) in [5.41, 5.74) is 2.19. The zero-order valence-corrected chi connectivity index (χ0v) is 11.2. The molecule has 1 saturated heterocycles. The number of nitrogens with zero attached hydrogens (tertiary/aromatic N) is 1. The minimum Gasteiger partial charge on any atom is -0.374 e. The maximum absolute atomic E-state index is 10.3. The van der Waals surface area contributed by atoms with Gasteiger partial charge in [0, 0.05) is 18.1 Å². The number of fused-ring (bicyclic) bond motifs is 1. The summed E-state index contributed by atoms with van der Waals surface area (Å²) in [4.78, 5) is 2.16. The zero-order valence-electron chi connectivity index (χ0n) is 10.4. The number of rotatable bonds is 2. The van der Waals surface area contributed by atoms with Gasteiger partial charge in [-0.3, -0.25) is 4.90 Å². The van der Waals surface area contributed by atoms with Gasteiger partial charge in [0.1, 0.15) is 6.23 Å². The lowest BCUT2D eigenvalue weighted by Gasteiger charge is -2.29. The molecule has 1 fully saturated rings. The molecule has 2 N–H and O–H groups in total. The van der Waals surface area contributed by atoms with Crippen LogP contribution < -0.4 is 5.32 Å². The Bertz CT molecular complexity index is 432. The normalized spacial score (nSPS) is 25.3. The number of aliphatic hydroxyl groups excluding tert-OH is 1. The van der Waals surface area contributed by atoms with Crippen molar-refractivity contribution in [2.45, 2.75) is 25.6 Å². The number of aliphatic hydroxyl groups is 1. The predicted octanol–water partition coefficient (Wildman–Crippen LogP) is 2.15. The topological polar surface area (TPSA) is 35.5 Å². The van der Waals surface area contributed by atoms with Crippen molar-refractivity contribution >= 4 is 11.6 Å². The van der Waals surface area contributed by atoms with E-state index in [4.69, 9.17) is 11.6 Å². The van der Waals surface area contributed by atoms with E-state index in [1.165, 1.54) is 18.4 Å². The molecule has 98 valence electrons. The summed E-state index contributed by atoms with van der Waals surface area (Å²) in [7, 11) is 0. The third-order valence-corrected chi connectivity index (χ3v) is 4.29. The van der Waals surface area contributed by atoms with Gasteiger partial charge in [0.15, 0.2) is 0 Å². The first-order chi connectivity index (χ1) is 8.74. The fraction of sp³-hybridized carbons (Fsp3) is 0.571. The molecule has 1 unspecified atom stereocenters. The lowest BCUT2D eigenvalue weighted by molar-refractivity contribution is 0.000409. The number of hydrogen-bond acceptors (Lipinski definition) is 3. The van der Waals surface area contributed by atoms with Crippen LogP contribution in [0.25, 0.3) is 0 Å². The highest BCUT2D eigenvalue weighted by Crippen LogP contribution is 2.34. The van der Waals surface area contributed by atoms with Crippen molar-refractivity contribution in [1.29, 1.82) is 0 Å². The van der Waals surface area contributed by atoms with Crippen LogP contribution in [0.4, 0.5) is 0 Å². The lowest BCUT2D eigenvalue weighted by Crippen LogP contribution is -2.35. The summed E-state index contributed by atoms with van der Waals surface area (Å²) in [5.74, 6) is 0.700. The smallest absolute Gasteiger partial charge is 0.134 e. The second-order valence-electron chi connectivity index (χ2n) is 5.34. The van der Waals surface area contributed by atoms with Crippen molar-refractivity contribution in [3.05, 3.63) is 34.3 Å². The van der Waals surface area contributed by atoms with E-state index >= 15 is 0 Å². The van der Waals surface area contributed by atoms with Crippen LogP contribution in [0.3, 0.4) is 0 Å². The Balaban J connectivity index is 1.69. The van der Waals surface area contributed by atoms with E-state index < -0.39 is 6.23 Å². The average Bonchev–Trinajstić information content (AvgIpc) is 2.67. The van der Waals surface area contributed by atoms with Gasteiger partial charge < -0.3 is 10.4 Å². The third-order valence-electron chi connectivity index (χ3n) is 4.05. The van der Waals surface area contributed by atoms with Crippen molar-refractivity contribution in [2.24, 2.45) is 5.92 Å². The molecule has 4 heteroatoms. The number of halogens is 1. The molecule has 0 amide bonds. The molecule has 3 nitrogen and oxygen atoms in total. The Hall–Kier alpha value is -0.610. The van der Waals surface area contributed by atoms with Gasteiger partial charge in [-0.2, -0.15) is 0 Å². The molecule has 0 spiro atoms. The van der Waals surface area contributed by atoms with Gasteiger partial charge in [-0.05, 0) is 55.1 Å². The first-order valence-corrected chi connectivity index (χ1v) is 7.03. The van der Waals surface area contributed by atoms with E-state index in [1.807, 2.05) is 18.2 Å². The molecule has 18 heavy (non-hydrogen) atoms. The van der Waals surface area contributed by atoms with Crippen LogP contribution in [0, 0.1) is 5.92 Å². The highest BCUT2D eigenvalue weighted by molar-refractivity contribution is 6.30. The van der Waals surface area contributed by atoms with E-state index in [2.05, 4.69) is 10.2 Å².